The molecule has 0 amide bonds. The van der Waals surface area contributed by atoms with Crippen molar-refractivity contribution in [1.82, 2.24) is 9.55 Å². The Morgan fingerprint density at radius 2 is 1.92 bits per heavy atom. The number of aromatic amines is 1. The molecule has 140 valence electrons. The number of rotatable bonds is 5. The van der Waals surface area contributed by atoms with Crippen molar-refractivity contribution < 1.29 is 18.7 Å². The van der Waals surface area contributed by atoms with E-state index < -0.39 is 44.1 Å². The summed E-state index contributed by atoms with van der Waals surface area (Å²) in [6, 6.07) is 1.22. The number of H-pyrrole nitrogens is 1. The van der Waals surface area contributed by atoms with Crippen LogP contribution in [0.5, 0.6) is 0 Å². The van der Waals surface area contributed by atoms with Crippen molar-refractivity contribution in [3.63, 3.8) is 0 Å². The van der Waals surface area contributed by atoms with Crippen LogP contribution in [0.1, 0.15) is 27.0 Å². The van der Waals surface area contributed by atoms with E-state index in [0.717, 1.165) is 0 Å². The first-order chi connectivity index (χ1) is 11.5. The average molecular weight is 370 g/mol. The smallest absolute Gasteiger partial charge is 0.330 e. The molecular formula is C16H26N2O6Si. The van der Waals surface area contributed by atoms with Crippen LogP contribution in [0.4, 0.5) is 0 Å². The van der Waals surface area contributed by atoms with Crippen LogP contribution >= 0.6 is 0 Å². The molecule has 1 N–H and O–H groups in total. The Bertz CT molecular complexity index is 735. The van der Waals surface area contributed by atoms with E-state index in [0.29, 0.717) is 6.29 Å². The lowest BCUT2D eigenvalue weighted by Gasteiger charge is -2.39. The van der Waals surface area contributed by atoms with Gasteiger partial charge in [-0.25, -0.2) is 4.79 Å². The number of hydrogen-bond donors (Lipinski definition) is 1. The maximum absolute atomic E-state index is 12.1. The molecule has 0 aliphatic carbocycles. The summed E-state index contributed by atoms with van der Waals surface area (Å²) >= 11 is 0. The van der Waals surface area contributed by atoms with Gasteiger partial charge in [0, 0.05) is 19.4 Å². The van der Waals surface area contributed by atoms with E-state index in [9.17, 15) is 14.4 Å². The monoisotopic (exact) mass is 370 g/mol. The quantitative estimate of drug-likeness (QED) is 0.614. The van der Waals surface area contributed by atoms with Gasteiger partial charge in [0.15, 0.2) is 20.8 Å². The van der Waals surface area contributed by atoms with Gasteiger partial charge in [-0.15, -0.1) is 0 Å². The molecule has 1 saturated heterocycles. The van der Waals surface area contributed by atoms with Gasteiger partial charge in [-0.05, 0) is 18.1 Å². The molecule has 2 heterocycles. The largest absolute Gasteiger partial charge is 0.408 e. The summed E-state index contributed by atoms with van der Waals surface area (Å²) in [5.41, 5.74) is -1.13. The molecule has 1 aliphatic heterocycles. The summed E-state index contributed by atoms with van der Waals surface area (Å²) in [6.45, 7) is 10.4. The first kappa shape index (κ1) is 19.8. The summed E-state index contributed by atoms with van der Waals surface area (Å²) < 4.78 is 18.8. The molecule has 1 fully saturated rings. The van der Waals surface area contributed by atoms with Crippen molar-refractivity contribution in [1.29, 1.82) is 0 Å². The molecule has 0 saturated carbocycles. The van der Waals surface area contributed by atoms with E-state index >= 15 is 0 Å². The lowest BCUT2D eigenvalue weighted by Crippen LogP contribution is -2.50. The Labute approximate surface area is 147 Å². The molecule has 0 aromatic carbocycles. The Morgan fingerprint density at radius 1 is 1.28 bits per heavy atom. The first-order valence-corrected chi connectivity index (χ1v) is 11.1. The molecule has 0 radical (unpaired) electrons. The molecule has 4 unspecified atom stereocenters. The second-order valence-electron chi connectivity index (χ2n) is 7.69. The highest BCUT2D eigenvalue weighted by atomic mass is 28.4. The molecule has 0 spiro atoms. The number of nitrogens with one attached hydrogen (secondary N) is 1. The number of hydrogen-bond acceptors (Lipinski definition) is 6. The number of aromatic nitrogens is 2. The van der Waals surface area contributed by atoms with Crippen molar-refractivity contribution in [2.75, 3.05) is 7.11 Å². The Morgan fingerprint density at radius 3 is 2.40 bits per heavy atom. The molecule has 4 atom stereocenters. The number of methoxy groups -OCH3 is 1. The van der Waals surface area contributed by atoms with Gasteiger partial charge in [-0.2, -0.15) is 0 Å². The fourth-order valence-electron chi connectivity index (χ4n) is 2.53. The fraction of sp³-hybridized carbons (Fsp3) is 0.688. The zero-order valence-electron chi connectivity index (χ0n) is 15.4. The summed E-state index contributed by atoms with van der Waals surface area (Å²) in [7, 11) is -0.724. The van der Waals surface area contributed by atoms with Crippen molar-refractivity contribution in [2.45, 2.75) is 63.4 Å². The van der Waals surface area contributed by atoms with Gasteiger partial charge in [-0.3, -0.25) is 14.3 Å². The van der Waals surface area contributed by atoms with Gasteiger partial charge in [0.2, 0.25) is 0 Å². The zero-order chi connectivity index (χ0) is 19.0. The third-order valence-corrected chi connectivity index (χ3v) is 9.47. The second-order valence-corrected chi connectivity index (χ2v) is 12.4. The lowest BCUT2D eigenvalue weighted by molar-refractivity contribution is -0.122. The predicted octanol–water partition coefficient (Wildman–Crippen LogP) is 1.04. The fourth-order valence-corrected chi connectivity index (χ4v) is 3.83. The van der Waals surface area contributed by atoms with Crippen LogP contribution in [0, 0.1) is 0 Å². The van der Waals surface area contributed by atoms with Crippen molar-refractivity contribution in [3.05, 3.63) is 33.1 Å². The molecule has 1 aromatic heterocycles. The van der Waals surface area contributed by atoms with Gasteiger partial charge in [-0.1, -0.05) is 20.8 Å². The molecule has 8 nitrogen and oxygen atoms in total. The number of carbonyl (C=O) groups excluding carboxylic acids is 1. The zero-order valence-corrected chi connectivity index (χ0v) is 16.4. The van der Waals surface area contributed by atoms with Gasteiger partial charge in [0.1, 0.15) is 18.3 Å². The van der Waals surface area contributed by atoms with Crippen LogP contribution in [0.15, 0.2) is 21.9 Å². The highest BCUT2D eigenvalue weighted by Gasteiger charge is 2.51. The number of aldehydes is 1. The Kier molecular flexibility index (Phi) is 5.52. The van der Waals surface area contributed by atoms with Crippen molar-refractivity contribution in [2.24, 2.45) is 0 Å². The van der Waals surface area contributed by atoms with E-state index in [1.165, 1.54) is 23.9 Å². The van der Waals surface area contributed by atoms with E-state index in [1.54, 1.807) is 0 Å². The Balaban J connectivity index is 2.39. The second kappa shape index (κ2) is 6.98. The summed E-state index contributed by atoms with van der Waals surface area (Å²) in [5.74, 6) is 0. The minimum atomic E-state index is -2.20. The van der Waals surface area contributed by atoms with Crippen LogP contribution < -0.4 is 11.2 Å². The van der Waals surface area contributed by atoms with Gasteiger partial charge >= 0.3 is 5.69 Å². The van der Waals surface area contributed by atoms with Crippen LogP contribution in [-0.4, -0.2) is 49.6 Å². The highest BCUT2D eigenvalue weighted by Crippen LogP contribution is 2.41. The average Bonchev–Trinajstić information content (AvgIpc) is 2.82. The molecular weight excluding hydrogens is 344 g/mol. The van der Waals surface area contributed by atoms with Crippen LogP contribution in [-0.2, 0) is 18.7 Å². The maximum atomic E-state index is 12.1. The molecule has 2 rings (SSSR count). The minimum Gasteiger partial charge on any atom is -0.408 e. The van der Waals surface area contributed by atoms with E-state index in [4.69, 9.17) is 13.9 Å². The maximum Gasteiger partial charge on any atom is 0.330 e. The third kappa shape index (κ3) is 3.84. The van der Waals surface area contributed by atoms with Crippen LogP contribution in [0.25, 0.3) is 0 Å². The number of ether oxygens (including phenoxy) is 2. The third-order valence-electron chi connectivity index (χ3n) is 4.99. The summed E-state index contributed by atoms with van der Waals surface area (Å²) in [6.07, 6.45) is -1.02. The molecule has 25 heavy (non-hydrogen) atoms. The number of nitrogens with zero attached hydrogens (tertiary/aromatic N) is 1. The highest BCUT2D eigenvalue weighted by molar-refractivity contribution is 6.74. The molecule has 1 aliphatic rings. The molecule has 0 bridgehead atoms. The lowest BCUT2D eigenvalue weighted by atomic mass is 10.1. The Hall–Kier alpha value is -1.55. The first-order valence-electron chi connectivity index (χ1n) is 8.14. The summed E-state index contributed by atoms with van der Waals surface area (Å²) in [4.78, 5) is 37.1. The normalized spacial score (nSPS) is 27.4. The van der Waals surface area contributed by atoms with Gasteiger partial charge in [0.05, 0.1) is 0 Å². The number of carbonyl (C=O) groups is 1. The predicted molar refractivity (Wildman–Crippen MR) is 94.2 cm³/mol. The molecule has 9 heteroatoms. The molecule has 1 aromatic rings. The van der Waals surface area contributed by atoms with Gasteiger partial charge in [0.25, 0.3) is 5.56 Å². The SMILES string of the molecule is COC1C(O[Si](C)(C)C(C)(C)C)C(C=O)OC1n1ccc(=O)[nH]c1=O. The van der Waals surface area contributed by atoms with Gasteiger partial charge < -0.3 is 18.7 Å². The van der Waals surface area contributed by atoms with Crippen LogP contribution in [0.3, 0.4) is 0 Å². The minimum absolute atomic E-state index is 0.0639. The van der Waals surface area contributed by atoms with E-state index in [2.05, 4.69) is 38.8 Å². The summed E-state index contributed by atoms with van der Waals surface area (Å²) in [5, 5.41) is -0.0639. The standard InChI is InChI=1S/C16H26N2O6Si/c1-16(2,3)25(5,6)24-12-10(9-19)23-14(13(12)22-4)18-8-7-11(20)17-15(18)21/h7-10,12-14H,1-6H3,(H,17,20,21). The van der Waals surface area contributed by atoms with E-state index in [1.807, 2.05) is 0 Å². The van der Waals surface area contributed by atoms with E-state index in [-0.39, 0.29) is 5.04 Å². The van der Waals surface area contributed by atoms with Crippen molar-refractivity contribution >= 4 is 14.6 Å². The van der Waals surface area contributed by atoms with Crippen molar-refractivity contribution in [3.8, 4) is 0 Å². The van der Waals surface area contributed by atoms with Crippen LogP contribution in [0.2, 0.25) is 18.1 Å². The topological polar surface area (TPSA) is 99.6 Å².